The smallest absolute Gasteiger partial charge is 0.373 e. The second-order valence-corrected chi connectivity index (χ2v) is 3.43. The third-order valence-corrected chi connectivity index (χ3v) is 2.38. The Balaban J connectivity index is 2.29. The molecule has 0 fully saturated rings. The molecule has 1 atom stereocenters. The Labute approximate surface area is 84.3 Å². The van der Waals surface area contributed by atoms with Crippen molar-refractivity contribution in [3.63, 3.8) is 0 Å². The van der Waals surface area contributed by atoms with Crippen molar-refractivity contribution >= 4 is 5.69 Å². The van der Waals surface area contributed by atoms with E-state index in [4.69, 9.17) is 5.26 Å². The molecular weight excluding hydrogens is 205 g/mol. The van der Waals surface area contributed by atoms with Crippen molar-refractivity contribution in [2.45, 2.75) is 18.6 Å². The number of anilines is 1. The fourth-order valence-corrected chi connectivity index (χ4v) is 1.63. The molecule has 1 aliphatic rings. The van der Waals surface area contributed by atoms with Gasteiger partial charge in [-0.1, -0.05) is 0 Å². The van der Waals surface area contributed by atoms with Crippen LogP contribution in [0.3, 0.4) is 0 Å². The van der Waals surface area contributed by atoms with E-state index in [2.05, 4.69) is 5.32 Å². The van der Waals surface area contributed by atoms with Crippen LogP contribution in [0.2, 0.25) is 0 Å². The van der Waals surface area contributed by atoms with E-state index in [1.807, 2.05) is 6.07 Å². The van der Waals surface area contributed by atoms with Crippen LogP contribution in [0.1, 0.15) is 11.1 Å². The number of nitrogens with zero attached hydrogens (tertiary/aromatic N) is 1. The monoisotopic (exact) mass is 212 g/mol. The standard InChI is InChI=1S/C10H7F3N2/c11-10(12,13)9-4-7-3-6(5-14)1-2-8(7)15-9/h1-3,9,15H,4H2. The summed E-state index contributed by atoms with van der Waals surface area (Å²) in [6.45, 7) is 0. The van der Waals surface area contributed by atoms with Crippen LogP contribution >= 0.6 is 0 Å². The molecule has 15 heavy (non-hydrogen) atoms. The zero-order valence-corrected chi connectivity index (χ0v) is 7.60. The molecule has 1 heterocycles. The molecule has 0 aromatic heterocycles. The number of hydrogen-bond acceptors (Lipinski definition) is 2. The molecule has 1 N–H and O–H groups in total. The predicted molar refractivity (Wildman–Crippen MR) is 48.3 cm³/mol. The van der Waals surface area contributed by atoms with E-state index < -0.39 is 12.2 Å². The molecule has 5 heteroatoms. The highest BCUT2D eigenvalue weighted by atomic mass is 19.4. The summed E-state index contributed by atoms with van der Waals surface area (Å²) in [6.07, 6.45) is -4.35. The first-order chi connectivity index (χ1) is 7.00. The van der Waals surface area contributed by atoms with Gasteiger partial charge in [0.05, 0.1) is 11.6 Å². The van der Waals surface area contributed by atoms with Gasteiger partial charge in [0.2, 0.25) is 0 Å². The Hall–Kier alpha value is -1.70. The van der Waals surface area contributed by atoms with Gasteiger partial charge >= 0.3 is 6.18 Å². The first-order valence-corrected chi connectivity index (χ1v) is 4.37. The van der Waals surface area contributed by atoms with Gasteiger partial charge in [0.1, 0.15) is 6.04 Å². The summed E-state index contributed by atoms with van der Waals surface area (Å²) in [7, 11) is 0. The van der Waals surface area contributed by atoms with Crippen LogP contribution in [0.4, 0.5) is 18.9 Å². The summed E-state index contributed by atoms with van der Waals surface area (Å²) < 4.78 is 37.1. The van der Waals surface area contributed by atoms with Gasteiger partial charge in [-0.05, 0) is 23.8 Å². The third-order valence-electron chi connectivity index (χ3n) is 2.38. The zero-order valence-electron chi connectivity index (χ0n) is 7.60. The summed E-state index contributed by atoms with van der Waals surface area (Å²) in [5.74, 6) is 0. The van der Waals surface area contributed by atoms with E-state index in [0.717, 1.165) is 0 Å². The Morgan fingerprint density at radius 1 is 1.40 bits per heavy atom. The van der Waals surface area contributed by atoms with Crippen molar-refractivity contribution in [2.75, 3.05) is 5.32 Å². The lowest BCUT2D eigenvalue weighted by Crippen LogP contribution is -2.34. The quantitative estimate of drug-likeness (QED) is 0.717. The highest BCUT2D eigenvalue weighted by Gasteiger charge is 2.42. The van der Waals surface area contributed by atoms with Crippen LogP contribution in [0.15, 0.2) is 18.2 Å². The molecule has 0 saturated carbocycles. The molecule has 1 aromatic carbocycles. The molecule has 0 amide bonds. The molecular formula is C10H7F3N2. The van der Waals surface area contributed by atoms with Gasteiger partial charge in [-0.3, -0.25) is 0 Å². The molecule has 2 nitrogen and oxygen atoms in total. The second kappa shape index (κ2) is 3.16. The van der Waals surface area contributed by atoms with Gasteiger partial charge in [0.15, 0.2) is 0 Å². The Bertz CT molecular complexity index is 431. The van der Waals surface area contributed by atoms with E-state index >= 15 is 0 Å². The fourth-order valence-electron chi connectivity index (χ4n) is 1.63. The number of nitrogens with one attached hydrogen (secondary N) is 1. The zero-order chi connectivity index (χ0) is 11.1. The molecule has 0 aliphatic carbocycles. The summed E-state index contributed by atoms with van der Waals surface area (Å²) in [4.78, 5) is 0. The first-order valence-electron chi connectivity index (χ1n) is 4.37. The number of alkyl halides is 3. The van der Waals surface area contributed by atoms with Crippen LogP contribution in [-0.4, -0.2) is 12.2 Å². The van der Waals surface area contributed by atoms with Crippen molar-refractivity contribution < 1.29 is 13.2 Å². The largest absolute Gasteiger partial charge is 0.408 e. The molecule has 78 valence electrons. The Morgan fingerprint density at radius 3 is 2.73 bits per heavy atom. The van der Waals surface area contributed by atoms with Crippen LogP contribution in [0.5, 0.6) is 0 Å². The van der Waals surface area contributed by atoms with Crippen LogP contribution in [-0.2, 0) is 6.42 Å². The van der Waals surface area contributed by atoms with Gasteiger partial charge in [-0.2, -0.15) is 18.4 Å². The highest BCUT2D eigenvalue weighted by Crippen LogP contribution is 2.34. The maximum atomic E-state index is 12.4. The summed E-state index contributed by atoms with van der Waals surface area (Å²) >= 11 is 0. The predicted octanol–water partition coefficient (Wildman–Crippen LogP) is 2.46. The topological polar surface area (TPSA) is 35.8 Å². The molecule has 1 aromatic rings. The molecule has 0 spiro atoms. The summed E-state index contributed by atoms with van der Waals surface area (Å²) in [5, 5.41) is 11.0. The van der Waals surface area contributed by atoms with Crippen LogP contribution in [0, 0.1) is 11.3 Å². The number of halogens is 3. The van der Waals surface area contributed by atoms with Gasteiger partial charge in [0, 0.05) is 12.1 Å². The van der Waals surface area contributed by atoms with Gasteiger partial charge in [0.25, 0.3) is 0 Å². The SMILES string of the molecule is N#Cc1ccc2c(c1)CC(C(F)(F)F)N2. The molecule has 1 aliphatic heterocycles. The highest BCUT2D eigenvalue weighted by molar-refractivity contribution is 5.59. The van der Waals surface area contributed by atoms with E-state index in [1.54, 1.807) is 0 Å². The lowest BCUT2D eigenvalue weighted by molar-refractivity contribution is -0.140. The number of fused-ring (bicyclic) bond motifs is 1. The van der Waals surface area contributed by atoms with Crippen molar-refractivity contribution in [1.82, 2.24) is 0 Å². The average molecular weight is 212 g/mol. The Kier molecular flexibility index (Phi) is 2.07. The number of hydrogen-bond donors (Lipinski definition) is 1. The molecule has 0 bridgehead atoms. The minimum absolute atomic E-state index is 0.103. The van der Waals surface area contributed by atoms with E-state index in [-0.39, 0.29) is 6.42 Å². The molecule has 0 saturated heterocycles. The maximum Gasteiger partial charge on any atom is 0.408 e. The van der Waals surface area contributed by atoms with Crippen LogP contribution < -0.4 is 5.32 Å². The number of benzene rings is 1. The molecule has 1 unspecified atom stereocenters. The van der Waals surface area contributed by atoms with E-state index in [0.29, 0.717) is 16.8 Å². The fraction of sp³-hybridized carbons (Fsp3) is 0.300. The Morgan fingerprint density at radius 2 is 2.13 bits per heavy atom. The first kappa shape index (κ1) is 9.84. The minimum atomic E-state index is -4.24. The van der Waals surface area contributed by atoms with E-state index in [9.17, 15) is 13.2 Å². The average Bonchev–Trinajstić information content (AvgIpc) is 2.59. The van der Waals surface area contributed by atoms with E-state index in [1.165, 1.54) is 18.2 Å². The lowest BCUT2D eigenvalue weighted by Gasteiger charge is -2.14. The van der Waals surface area contributed by atoms with Crippen LogP contribution in [0.25, 0.3) is 0 Å². The van der Waals surface area contributed by atoms with Gasteiger partial charge < -0.3 is 5.32 Å². The van der Waals surface area contributed by atoms with Gasteiger partial charge in [-0.15, -0.1) is 0 Å². The van der Waals surface area contributed by atoms with Gasteiger partial charge in [-0.25, -0.2) is 0 Å². The lowest BCUT2D eigenvalue weighted by atomic mass is 10.1. The summed E-state index contributed by atoms with van der Waals surface area (Å²) in [5.41, 5.74) is 1.41. The van der Waals surface area contributed by atoms with Crippen molar-refractivity contribution in [1.29, 1.82) is 5.26 Å². The third kappa shape index (κ3) is 1.75. The second-order valence-electron chi connectivity index (χ2n) is 3.43. The maximum absolute atomic E-state index is 12.4. The van der Waals surface area contributed by atoms with Crippen molar-refractivity contribution in [3.8, 4) is 6.07 Å². The number of nitriles is 1. The summed E-state index contributed by atoms with van der Waals surface area (Å²) in [6, 6.07) is 4.89. The number of rotatable bonds is 0. The molecule has 2 rings (SSSR count). The van der Waals surface area contributed by atoms with Crippen molar-refractivity contribution in [2.24, 2.45) is 0 Å². The minimum Gasteiger partial charge on any atom is -0.373 e. The molecule has 0 radical (unpaired) electrons. The normalized spacial score (nSPS) is 19.2. The van der Waals surface area contributed by atoms with Crippen molar-refractivity contribution in [3.05, 3.63) is 29.3 Å².